The second-order valence-electron chi connectivity index (χ2n) is 4.12. The number of rotatable bonds is 5. The van der Waals surface area contributed by atoms with Gasteiger partial charge in [-0.2, -0.15) is 0 Å². The highest BCUT2D eigenvalue weighted by Gasteiger charge is 2.07. The molecule has 0 N–H and O–H groups in total. The van der Waals surface area contributed by atoms with Crippen molar-refractivity contribution in [1.29, 1.82) is 0 Å². The first-order chi connectivity index (χ1) is 7.50. The number of benzene rings is 1. The highest BCUT2D eigenvalue weighted by atomic mass is 32.2. The maximum absolute atomic E-state index is 12.0. The predicted octanol–water partition coefficient (Wildman–Crippen LogP) is 2.78. The first-order valence-electron chi connectivity index (χ1n) is 5.46. The molecule has 2 nitrogen and oxygen atoms in total. The van der Waals surface area contributed by atoms with Crippen molar-refractivity contribution in [2.75, 3.05) is 5.75 Å². The van der Waals surface area contributed by atoms with Crippen LogP contribution in [0.25, 0.3) is 0 Å². The van der Waals surface area contributed by atoms with Gasteiger partial charge < -0.3 is 4.79 Å². The lowest BCUT2D eigenvalue weighted by atomic mass is 10.2. The van der Waals surface area contributed by atoms with Gasteiger partial charge in [0.15, 0.2) is 0 Å². The summed E-state index contributed by atoms with van der Waals surface area (Å²) in [7, 11) is -0.972. The first-order valence-corrected chi connectivity index (χ1v) is 6.77. The molecule has 0 fully saturated rings. The van der Waals surface area contributed by atoms with E-state index in [1.165, 1.54) is 5.56 Å². The van der Waals surface area contributed by atoms with E-state index in [0.29, 0.717) is 18.6 Å². The fraction of sp³-hybridized carbons (Fsp3) is 0.462. The zero-order chi connectivity index (χ0) is 12.1. The van der Waals surface area contributed by atoms with Crippen LogP contribution in [-0.4, -0.2) is 15.7 Å². The lowest BCUT2D eigenvalue weighted by Gasteiger charge is -2.06. The molecule has 1 rings (SSSR count). The van der Waals surface area contributed by atoms with Gasteiger partial charge >= 0.3 is 0 Å². The fourth-order valence-electron chi connectivity index (χ4n) is 1.62. The summed E-state index contributed by atoms with van der Waals surface area (Å²) in [4.78, 5) is 11.7. The number of hydrogen-bond acceptors (Lipinski definition) is 2. The summed E-state index contributed by atoms with van der Waals surface area (Å²) in [5.74, 6) is 0.737. The van der Waals surface area contributed by atoms with Crippen LogP contribution in [0.4, 0.5) is 0 Å². The van der Waals surface area contributed by atoms with Crippen molar-refractivity contribution in [3.05, 3.63) is 29.3 Å². The Hall–Kier alpha value is -0.960. The molecule has 88 valence electrons. The smallest absolute Gasteiger partial charge is 0.129 e. The van der Waals surface area contributed by atoms with Crippen molar-refractivity contribution >= 4 is 16.6 Å². The zero-order valence-electron chi connectivity index (χ0n) is 10.1. The van der Waals surface area contributed by atoms with E-state index in [-0.39, 0.29) is 5.78 Å². The summed E-state index contributed by atoms with van der Waals surface area (Å²) >= 11 is 0. The Morgan fingerprint density at radius 2 is 2.00 bits per heavy atom. The molecule has 0 amide bonds. The molecular weight excluding hydrogens is 220 g/mol. The van der Waals surface area contributed by atoms with Crippen LogP contribution >= 0.6 is 0 Å². The van der Waals surface area contributed by atoms with E-state index in [2.05, 4.69) is 0 Å². The Kier molecular flexibility index (Phi) is 4.87. The van der Waals surface area contributed by atoms with Gasteiger partial charge in [0, 0.05) is 17.1 Å². The standard InChI is InChI=1S/C13H18O2S/c1-10-6-7-13(11(2)9-10)16(15)8-4-5-12(3)14/h6-7,9H,4-5,8H2,1-3H3. The molecule has 0 aliphatic carbocycles. The Morgan fingerprint density at radius 1 is 1.31 bits per heavy atom. The van der Waals surface area contributed by atoms with Crippen molar-refractivity contribution < 1.29 is 9.00 Å². The van der Waals surface area contributed by atoms with Crippen LogP contribution in [0, 0.1) is 13.8 Å². The Balaban J connectivity index is 2.63. The number of ketones is 1. The molecule has 1 aromatic rings. The molecule has 0 spiro atoms. The van der Waals surface area contributed by atoms with Crippen LogP contribution < -0.4 is 0 Å². The van der Waals surface area contributed by atoms with Gasteiger partial charge in [-0.3, -0.25) is 4.21 Å². The minimum Gasteiger partial charge on any atom is -0.300 e. The molecule has 0 bridgehead atoms. The van der Waals surface area contributed by atoms with E-state index >= 15 is 0 Å². The molecule has 0 heterocycles. The van der Waals surface area contributed by atoms with Gasteiger partial charge in [0.05, 0.1) is 10.8 Å². The number of hydrogen-bond donors (Lipinski definition) is 0. The number of Topliss-reactive ketones (excluding diaryl/α,β-unsaturated/α-hetero) is 1. The van der Waals surface area contributed by atoms with Crippen LogP contribution in [0.15, 0.2) is 23.1 Å². The van der Waals surface area contributed by atoms with E-state index in [0.717, 1.165) is 10.5 Å². The van der Waals surface area contributed by atoms with Crippen LogP contribution in [0.2, 0.25) is 0 Å². The molecule has 0 saturated carbocycles. The van der Waals surface area contributed by atoms with Gasteiger partial charge in [0.1, 0.15) is 5.78 Å². The number of carbonyl (C=O) groups excluding carboxylic acids is 1. The Morgan fingerprint density at radius 3 is 2.56 bits per heavy atom. The van der Waals surface area contributed by atoms with Crippen molar-refractivity contribution in [3.8, 4) is 0 Å². The summed E-state index contributed by atoms with van der Waals surface area (Å²) in [5.41, 5.74) is 2.25. The van der Waals surface area contributed by atoms with Gasteiger partial charge in [-0.15, -0.1) is 0 Å². The average Bonchev–Trinajstić information content (AvgIpc) is 2.16. The first kappa shape index (κ1) is 13.1. The fourth-order valence-corrected chi connectivity index (χ4v) is 2.88. The monoisotopic (exact) mass is 238 g/mol. The van der Waals surface area contributed by atoms with Crippen LogP contribution in [0.3, 0.4) is 0 Å². The molecule has 0 aliphatic heterocycles. The number of carbonyl (C=O) groups is 1. The summed E-state index contributed by atoms with van der Waals surface area (Å²) in [6.45, 7) is 5.57. The second kappa shape index (κ2) is 5.94. The van der Waals surface area contributed by atoms with Crippen molar-refractivity contribution in [2.45, 2.75) is 38.5 Å². The molecule has 0 radical (unpaired) electrons. The molecule has 1 unspecified atom stereocenters. The van der Waals surface area contributed by atoms with Crippen LogP contribution in [0.5, 0.6) is 0 Å². The molecule has 16 heavy (non-hydrogen) atoms. The van der Waals surface area contributed by atoms with Crippen molar-refractivity contribution in [2.24, 2.45) is 0 Å². The van der Waals surface area contributed by atoms with Crippen molar-refractivity contribution in [1.82, 2.24) is 0 Å². The SMILES string of the molecule is CC(=O)CCCS(=O)c1ccc(C)cc1C. The average molecular weight is 238 g/mol. The Bertz CT molecular complexity index is 410. The molecular formula is C13H18O2S. The van der Waals surface area contributed by atoms with Crippen LogP contribution in [-0.2, 0) is 15.6 Å². The number of aryl methyl sites for hydroxylation is 2. The predicted molar refractivity (Wildman–Crippen MR) is 67.1 cm³/mol. The van der Waals surface area contributed by atoms with E-state index < -0.39 is 10.8 Å². The normalized spacial score (nSPS) is 12.4. The lowest BCUT2D eigenvalue weighted by Crippen LogP contribution is -2.02. The lowest BCUT2D eigenvalue weighted by molar-refractivity contribution is -0.117. The largest absolute Gasteiger partial charge is 0.300 e. The summed E-state index contributed by atoms with van der Waals surface area (Å²) in [6, 6.07) is 5.94. The maximum Gasteiger partial charge on any atom is 0.129 e. The minimum atomic E-state index is -0.972. The van der Waals surface area contributed by atoms with Gasteiger partial charge in [0.2, 0.25) is 0 Å². The molecule has 1 atom stereocenters. The zero-order valence-corrected chi connectivity index (χ0v) is 10.9. The molecule has 1 aromatic carbocycles. The van der Waals surface area contributed by atoms with E-state index in [1.54, 1.807) is 6.92 Å². The summed E-state index contributed by atoms with van der Waals surface area (Å²) in [6.07, 6.45) is 1.23. The molecule has 0 saturated heterocycles. The van der Waals surface area contributed by atoms with Crippen LogP contribution in [0.1, 0.15) is 30.9 Å². The highest BCUT2D eigenvalue weighted by molar-refractivity contribution is 7.85. The molecule has 0 aliphatic rings. The second-order valence-corrected chi connectivity index (χ2v) is 5.66. The van der Waals surface area contributed by atoms with E-state index in [1.807, 2.05) is 32.0 Å². The molecule has 0 aromatic heterocycles. The van der Waals surface area contributed by atoms with E-state index in [4.69, 9.17) is 0 Å². The minimum absolute atomic E-state index is 0.164. The molecule has 3 heteroatoms. The Labute approximate surface area is 99.5 Å². The van der Waals surface area contributed by atoms with Gasteiger partial charge in [0.25, 0.3) is 0 Å². The quantitative estimate of drug-likeness (QED) is 0.790. The summed E-state index contributed by atoms with van der Waals surface area (Å²) < 4.78 is 12.0. The van der Waals surface area contributed by atoms with E-state index in [9.17, 15) is 9.00 Å². The van der Waals surface area contributed by atoms with Crippen molar-refractivity contribution in [3.63, 3.8) is 0 Å². The summed E-state index contributed by atoms with van der Waals surface area (Å²) in [5, 5.41) is 0. The maximum atomic E-state index is 12.0. The third-order valence-corrected chi connectivity index (χ3v) is 4.04. The third kappa shape index (κ3) is 3.89. The van der Waals surface area contributed by atoms with Gasteiger partial charge in [-0.1, -0.05) is 17.7 Å². The van der Waals surface area contributed by atoms with Gasteiger partial charge in [-0.25, -0.2) is 0 Å². The highest BCUT2D eigenvalue weighted by Crippen LogP contribution is 2.15. The topological polar surface area (TPSA) is 34.1 Å². The van der Waals surface area contributed by atoms with Gasteiger partial charge in [-0.05, 0) is 38.8 Å². The third-order valence-electron chi connectivity index (χ3n) is 2.43.